The minimum atomic E-state index is -2.61. The maximum atomic E-state index is 14.0. The van der Waals surface area contributed by atoms with E-state index in [-0.39, 0.29) is 12.5 Å². The van der Waals surface area contributed by atoms with Crippen LogP contribution in [0.4, 0.5) is 8.78 Å². The number of ether oxygens (including phenoxy) is 1. The van der Waals surface area contributed by atoms with E-state index >= 15 is 0 Å². The van der Waals surface area contributed by atoms with Gasteiger partial charge in [-0.05, 0) is 77.1 Å². The lowest BCUT2D eigenvalue weighted by atomic mass is 9.80. The molecule has 0 spiro atoms. The largest absolute Gasteiger partial charge is 0.388 e. The third-order valence-corrected chi connectivity index (χ3v) is 9.28. The van der Waals surface area contributed by atoms with E-state index in [2.05, 4.69) is 16.0 Å². The lowest BCUT2D eigenvalue weighted by Crippen LogP contribution is -2.65. The van der Waals surface area contributed by atoms with Crippen LogP contribution in [0, 0.1) is 11.8 Å². The zero-order valence-electron chi connectivity index (χ0n) is 21.8. The van der Waals surface area contributed by atoms with Gasteiger partial charge in [-0.15, -0.1) is 23.4 Å². The number of halogens is 3. The van der Waals surface area contributed by atoms with Crippen LogP contribution in [0.2, 0.25) is 0 Å². The summed E-state index contributed by atoms with van der Waals surface area (Å²) in [5.41, 5.74) is -0.756. The molecule has 8 nitrogen and oxygen atoms in total. The summed E-state index contributed by atoms with van der Waals surface area (Å²) in [6.45, 7) is 2.66. The van der Waals surface area contributed by atoms with Crippen molar-refractivity contribution in [1.82, 2.24) is 16.0 Å². The van der Waals surface area contributed by atoms with Gasteiger partial charge >= 0.3 is 0 Å². The van der Waals surface area contributed by atoms with Crippen molar-refractivity contribution in [1.29, 1.82) is 0 Å². The number of aliphatic hydroxyl groups excluding tert-OH is 3. The van der Waals surface area contributed by atoms with Crippen molar-refractivity contribution in [2.75, 3.05) is 25.9 Å². The highest BCUT2D eigenvalue weighted by Gasteiger charge is 2.48. The molecule has 2 saturated heterocycles. The molecule has 9 atom stereocenters. The molecule has 3 rings (SSSR count). The zero-order valence-corrected chi connectivity index (χ0v) is 23.3. The van der Waals surface area contributed by atoms with Gasteiger partial charge < -0.3 is 36.0 Å². The standard InChI is InChI=1S/C25H44ClF2N3O5S/c1-14(26)18(22-20(33)19(32)21(34)24(36-22)37-2)31-23(35)17-9-8-15(10-12-30-17)5-4-11-29-13-25(27,28)16-6-3-7-16/h14-22,24,29-30,32-34H,3-13H2,1-2H3,(H,31,35)/t14?,15-,17-,18?,19-,20+,21+,22+,24+/m0/s1. The van der Waals surface area contributed by atoms with Gasteiger partial charge in [-0.3, -0.25) is 4.79 Å². The second-order valence-electron chi connectivity index (χ2n) is 10.8. The Balaban J connectivity index is 1.43. The van der Waals surface area contributed by atoms with E-state index in [9.17, 15) is 28.9 Å². The quantitative estimate of drug-likeness (QED) is 0.155. The molecule has 0 bridgehead atoms. The van der Waals surface area contributed by atoms with E-state index < -0.39 is 59.2 Å². The van der Waals surface area contributed by atoms with Gasteiger partial charge in [0.05, 0.1) is 24.0 Å². The Labute approximate surface area is 228 Å². The Morgan fingerprint density at radius 1 is 1.16 bits per heavy atom. The molecule has 12 heteroatoms. The van der Waals surface area contributed by atoms with Crippen LogP contribution in [0.3, 0.4) is 0 Å². The predicted octanol–water partition coefficient (Wildman–Crippen LogP) is 1.83. The maximum absolute atomic E-state index is 14.0. The van der Waals surface area contributed by atoms with E-state index in [1.165, 1.54) is 11.8 Å². The number of alkyl halides is 3. The Hall–Kier alpha value is -0.270. The van der Waals surface area contributed by atoms with Crippen molar-refractivity contribution < 1.29 is 33.6 Å². The van der Waals surface area contributed by atoms with Crippen molar-refractivity contribution in [2.24, 2.45) is 11.8 Å². The van der Waals surface area contributed by atoms with Gasteiger partial charge in [-0.1, -0.05) is 6.42 Å². The number of thioether (sulfide) groups is 1. The van der Waals surface area contributed by atoms with Gasteiger partial charge in [0.25, 0.3) is 5.92 Å². The Kier molecular flexibility index (Phi) is 12.2. The van der Waals surface area contributed by atoms with Crippen LogP contribution >= 0.6 is 23.4 Å². The molecule has 3 fully saturated rings. The van der Waals surface area contributed by atoms with Crippen LogP contribution < -0.4 is 16.0 Å². The minimum absolute atomic E-state index is 0.251. The van der Waals surface area contributed by atoms with Crippen molar-refractivity contribution >= 4 is 29.3 Å². The highest BCUT2D eigenvalue weighted by molar-refractivity contribution is 7.99. The molecule has 37 heavy (non-hydrogen) atoms. The van der Waals surface area contributed by atoms with Crippen LogP contribution in [0.15, 0.2) is 0 Å². The van der Waals surface area contributed by atoms with Gasteiger partial charge in [0.15, 0.2) is 0 Å². The van der Waals surface area contributed by atoms with E-state index in [1.807, 2.05) is 0 Å². The first-order valence-electron chi connectivity index (χ1n) is 13.5. The first-order valence-corrected chi connectivity index (χ1v) is 15.3. The topological polar surface area (TPSA) is 123 Å². The summed E-state index contributed by atoms with van der Waals surface area (Å²) in [5.74, 6) is -2.93. The number of carbonyl (C=O) groups is 1. The van der Waals surface area contributed by atoms with Gasteiger partial charge in [0.2, 0.25) is 5.91 Å². The van der Waals surface area contributed by atoms with E-state index in [1.54, 1.807) is 13.2 Å². The highest BCUT2D eigenvalue weighted by Crippen LogP contribution is 2.39. The highest BCUT2D eigenvalue weighted by atomic mass is 35.5. The normalized spacial score (nSPS) is 35.3. The molecule has 1 saturated carbocycles. The first-order chi connectivity index (χ1) is 17.5. The number of hydrogen-bond donors (Lipinski definition) is 6. The Morgan fingerprint density at radius 2 is 1.89 bits per heavy atom. The second kappa shape index (κ2) is 14.4. The molecule has 6 N–H and O–H groups in total. The van der Waals surface area contributed by atoms with Gasteiger partial charge in [-0.25, -0.2) is 8.78 Å². The number of carbonyl (C=O) groups excluding carboxylic acids is 1. The van der Waals surface area contributed by atoms with E-state index in [0.29, 0.717) is 38.3 Å². The molecule has 2 heterocycles. The third-order valence-electron chi connectivity index (χ3n) is 8.15. The maximum Gasteiger partial charge on any atom is 0.263 e. The lowest BCUT2D eigenvalue weighted by Gasteiger charge is -2.44. The first kappa shape index (κ1) is 31.3. The molecular formula is C25H44ClF2N3O5S. The molecule has 216 valence electrons. The average Bonchev–Trinajstić information content (AvgIpc) is 3.05. The molecule has 3 aliphatic rings. The number of rotatable bonds is 12. The molecule has 0 aromatic heterocycles. The zero-order chi connectivity index (χ0) is 27.2. The van der Waals surface area contributed by atoms with E-state index in [0.717, 1.165) is 32.1 Å². The van der Waals surface area contributed by atoms with E-state index in [4.69, 9.17) is 16.3 Å². The van der Waals surface area contributed by atoms with Crippen LogP contribution in [-0.2, 0) is 9.53 Å². The van der Waals surface area contributed by atoms with Crippen LogP contribution in [0.1, 0.15) is 58.3 Å². The smallest absolute Gasteiger partial charge is 0.263 e. The molecule has 2 aliphatic heterocycles. The summed E-state index contributed by atoms with van der Waals surface area (Å²) in [6, 6.07) is -1.21. The summed E-state index contributed by atoms with van der Waals surface area (Å²) in [5, 5.41) is 39.5. The summed E-state index contributed by atoms with van der Waals surface area (Å²) >= 11 is 7.57. The molecule has 1 aliphatic carbocycles. The third kappa shape index (κ3) is 8.36. The van der Waals surface area contributed by atoms with Gasteiger partial charge in [0, 0.05) is 5.92 Å². The number of hydrogen-bond acceptors (Lipinski definition) is 8. The fourth-order valence-electron chi connectivity index (χ4n) is 5.46. The number of nitrogens with one attached hydrogen (secondary N) is 3. The average molecular weight is 572 g/mol. The van der Waals surface area contributed by atoms with Crippen molar-refractivity contribution in [3.05, 3.63) is 0 Å². The minimum Gasteiger partial charge on any atom is -0.388 e. The Bertz CT molecular complexity index is 722. The van der Waals surface area contributed by atoms with Gasteiger partial charge in [-0.2, -0.15) is 0 Å². The fourth-order valence-corrected chi connectivity index (χ4v) is 6.34. The summed E-state index contributed by atoms with van der Waals surface area (Å²) in [7, 11) is 0. The summed E-state index contributed by atoms with van der Waals surface area (Å²) < 4.78 is 33.9. The SMILES string of the molecule is CS[C@H]1O[C@H](C(NC(=O)[C@@H]2CC[C@H](CCCNCC(F)(F)C3CCC3)CCN2)C(C)Cl)[C@H](O)[C@H](O)[C@H]1O. The Morgan fingerprint density at radius 3 is 2.51 bits per heavy atom. The number of aliphatic hydroxyl groups is 3. The van der Waals surface area contributed by atoms with Crippen molar-refractivity contribution in [2.45, 2.75) is 112 Å². The fraction of sp³-hybridized carbons (Fsp3) is 0.960. The summed E-state index contributed by atoms with van der Waals surface area (Å²) in [6.07, 6.45) is 2.93. The predicted molar refractivity (Wildman–Crippen MR) is 141 cm³/mol. The van der Waals surface area contributed by atoms with Crippen molar-refractivity contribution in [3.8, 4) is 0 Å². The molecule has 2 unspecified atom stereocenters. The monoisotopic (exact) mass is 571 g/mol. The molecule has 1 amide bonds. The van der Waals surface area contributed by atoms with Gasteiger partial charge in [0.1, 0.15) is 29.9 Å². The van der Waals surface area contributed by atoms with Crippen LogP contribution in [0.25, 0.3) is 0 Å². The molecular weight excluding hydrogens is 528 g/mol. The van der Waals surface area contributed by atoms with Crippen LogP contribution in [0.5, 0.6) is 0 Å². The second-order valence-corrected chi connectivity index (χ2v) is 12.5. The number of amides is 1. The molecule has 0 radical (unpaired) electrons. The molecule has 0 aromatic rings. The van der Waals surface area contributed by atoms with Crippen molar-refractivity contribution in [3.63, 3.8) is 0 Å². The van der Waals surface area contributed by atoms with Crippen LogP contribution in [-0.4, -0.2) is 100 Å². The summed E-state index contributed by atoms with van der Waals surface area (Å²) in [4.78, 5) is 13.1. The molecule has 0 aromatic carbocycles. The lowest BCUT2D eigenvalue weighted by molar-refractivity contribution is -0.205.